The van der Waals surface area contributed by atoms with Crippen molar-refractivity contribution in [1.82, 2.24) is 0 Å². The van der Waals surface area contributed by atoms with Crippen LogP contribution in [0.3, 0.4) is 0 Å². The van der Waals surface area contributed by atoms with Crippen molar-refractivity contribution in [3.63, 3.8) is 0 Å². The van der Waals surface area contributed by atoms with Gasteiger partial charge in [-0.25, -0.2) is 0 Å². The molecule has 0 fully saturated rings. The fourth-order valence-corrected chi connectivity index (χ4v) is 1.02. The highest BCUT2D eigenvalue weighted by Gasteiger charge is 2.08. The molecule has 1 amide bonds. The van der Waals surface area contributed by atoms with Gasteiger partial charge >= 0.3 is 0 Å². The lowest BCUT2D eigenvalue weighted by Gasteiger charge is -2.08. The lowest BCUT2D eigenvalue weighted by atomic mass is 10.2. The summed E-state index contributed by atoms with van der Waals surface area (Å²) in [4.78, 5) is 11.2. The fourth-order valence-electron chi connectivity index (χ4n) is 0.841. The number of phenols is 1. The first-order chi connectivity index (χ1) is 6.50. The van der Waals surface area contributed by atoms with Gasteiger partial charge < -0.3 is 16.2 Å². The zero-order valence-corrected chi connectivity index (χ0v) is 8.38. The van der Waals surface area contributed by atoms with Crippen LogP contribution < -0.4 is 11.1 Å². The summed E-state index contributed by atoms with van der Waals surface area (Å²) >= 11 is 5.64. The number of amides is 1. The Morgan fingerprint density at radius 3 is 2.79 bits per heavy atom. The normalized spacial score (nSPS) is 12.2. The van der Waals surface area contributed by atoms with E-state index < -0.39 is 6.04 Å². The molecule has 76 valence electrons. The van der Waals surface area contributed by atoms with E-state index in [1.54, 1.807) is 13.0 Å². The Balaban J connectivity index is 2.78. The van der Waals surface area contributed by atoms with Gasteiger partial charge in [0, 0.05) is 5.69 Å². The van der Waals surface area contributed by atoms with Crippen molar-refractivity contribution in [2.24, 2.45) is 5.73 Å². The van der Waals surface area contributed by atoms with Gasteiger partial charge in [0.25, 0.3) is 0 Å². The van der Waals surface area contributed by atoms with E-state index in [4.69, 9.17) is 22.4 Å². The number of carbonyl (C=O) groups excluding carboxylic acids is 1. The standard InChI is InChI=1S/C9H11ClN2O2/c1-5(11)9(14)12-6-2-3-8(13)7(10)4-6/h2-5,13H,11H2,1H3,(H,12,14)/t5-/m0/s1. The number of anilines is 1. The van der Waals surface area contributed by atoms with Crippen molar-refractivity contribution in [1.29, 1.82) is 0 Å². The fraction of sp³-hybridized carbons (Fsp3) is 0.222. The third-order valence-corrected chi connectivity index (χ3v) is 1.93. The first-order valence-electron chi connectivity index (χ1n) is 4.05. The second-order valence-corrected chi connectivity index (χ2v) is 3.35. The summed E-state index contributed by atoms with van der Waals surface area (Å²) < 4.78 is 0. The molecule has 1 aromatic rings. The molecule has 1 aromatic carbocycles. The summed E-state index contributed by atoms with van der Waals surface area (Å²) in [6, 6.07) is 3.82. The number of halogens is 1. The topological polar surface area (TPSA) is 75.4 Å². The van der Waals surface area contributed by atoms with Gasteiger partial charge in [0.05, 0.1) is 11.1 Å². The SMILES string of the molecule is C[C@H](N)C(=O)Nc1ccc(O)c(Cl)c1. The summed E-state index contributed by atoms with van der Waals surface area (Å²) in [5.41, 5.74) is 5.87. The Labute approximate surface area is 86.7 Å². The van der Waals surface area contributed by atoms with Crippen LogP contribution in [0, 0.1) is 0 Å². The molecule has 0 heterocycles. The van der Waals surface area contributed by atoms with Gasteiger partial charge in [-0.15, -0.1) is 0 Å². The van der Waals surface area contributed by atoms with Gasteiger partial charge in [-0.1, -0.05) is 11.6 Å². The van der Waals surface area contributed by atoms with E-state index in [2.05, 4.69) is 5.32 Å². The molecule has 0 unspecified atom stereocenters. The second kappa shape index (κ2) is 4.30. The zero-order valence-electron chi connectivity index (χ0n) is 7.62. The summed E-state index contributed by atoms with van der Waals surface area (Å²) in [5.74, 6) is -0.322. The van der Waals surface area contributed by atoms with Gasteiger partial charge in [-0.3, -0.25) is 4.79 Å². The molecule has 0 aromatic heterocycles. The van der Waals surface area contributed by atoms with Crippen LogP contribution in [0.1, 0.15) is 6.92 Å². The number of nitrogens with one attached hydrogen (secondary N) is 1. The summed E-state index contributed by atoms with van der Waals surface area (Å²) in [6.07, 6.45) is 0. The highest BCUT2D eigenvalue weighted by atomic mass is 35.5. The van der Waals surface area contributed by atoms with Gasteiger partial charge in [0.1, 0.15) is 5.75 Å². The van der Waals surface area contributed by atoms with Crippen LogP contribution in [0.4, 0.5) is 5.69 Å². The van der Waals surface area contributed by atoms with Crippen molar-refractivity contribution in [2.75, 3.05) is 5.32 Å². The van der Waals surface area contributed by atoms with Crippen LogP contribution in [0.25, 0.3) is 0 Å². The van der Waals surface area contributed by atoms with Crippen molar-refractivity contribution >= 4 is 23.2 Å². The van der Waals surface area contributed by atoms with Crippen molar-refractivity contribution in [2.45, 2.75) is 13.0 Å². The van der Waals surface area contributed by atoms with E-state index in [1.165, 1.54) is 12.1 Å². The van der Waals surface area contributed by atoms with Crippen LogP contribution in [-0.2, 0) is 4.79 Å². The van der Waals surface area contributed by atoms with E-state index in [0.29, 0.717) is 5.69 Å². The van der Waals surface area contributed by atoms with Crippen LogP contribution in [0.15, 0.2) is 18.2 Å². The minimum Gasteiger partial charge on any atom is -0.506 e. The van der Waals surface area contributed by atoms with Gasteiger partial charge in [-0.05, 0) is 25.1 Å². The quantitative estimate of drug-likeness (QED) is 0.651. The molecule has 5 heteroatoms. The molecular formula is C9H11ClN2O2. The lowest BCUT2D eigenvalue weighted by molar-refractivity contribution is -0.117. The minimum absolute atomic E-state index is 0.0227. The van der Waals surface area contributed by atoms with Gasteiger partial charge in [0.15, 0.2) is 0 Å². The minimum atomic E-state index is -0.581. The van der Waals surface area contributed by atoms with E-state index >= 15 is 0 Å². The molecular weight excluding hydrogens is 204 g/mol. The second-order valence-electron chi connectivity index (χ2n) is 2.94. The number of hydrogen-bond acceptors (Lipinski definition) is 3. The maximum absolute atomic E-state index is 11.2. The molecule has 0 saturated carbocycles. The molecule has 4 nitrogen and oxygen atoms in total. The molecule has 0 spiro atoms. The first kappa shape index (κ1) is 10.8. The monoisotopic (exact) mass is 214 g/mol. The maximum atomic E-state index is 11.2. The first-order valence-corrected chi connectivity index (χ1v) is 4.43. The smallest absolute Gasteiger partial charge is 0.240 e. The van der Waals surface area contributed by atoms with E-state index in [9.17, 15) is 4.79 Å². The number of phenolic OH excluding ortho intramolecular Hbond substituents is 1. The number of aromatic hydroxyl groups is 1. The van der Waals surface area contributed by atoms with E-state index in [-0.39, 0.29) is 16.7 Å². The number of nitrogens with two attached hydrogens (primary N) is 1. The predicted octanol–water partition coefficient (Wildman–Crippen LogP) is 1.33. The molecule has 0 bridgehead atoms. The molecule has 0 radical (unpaired) electrons. The Bertz CT molecular complexity index is 353. The van der Waals surface area contributed by atoms with Crippen LogP contribution in [0.2, 0.25) is 5.02 Å². The maximum Gasteiger partial charge on any atom is 0.240 e. The average molecular weight is 215 g/mol. The van der Waals surface area contributed by atoms with Gasteiger partial charge in [0.2, 0.25) is 5.91 Å². The van der Waals surface area contributed by atoms with Crippen LogP contribution in [-0.4, -0.2) is 17.1 Å². The Morgan fingerprint density at radius 2 is 2.29 bits per heavy atom. The Morgan fingerprint density at radius 1 is 1.64 bits per heavy atom. The Hall–Kier alpha value is -1.26. The van der Waals surface area contributed by atoms with Crippen molar-refractivity contribution in [3.8, 4) is 5.75 Å². The molecule has 0 aliphatic heterocycles. The summed E-state index contributed by atoms with van der Waals surface area (Å²) in [5, 5.41) is 11.9. The zero-order chi connectivity index (χ0) is 10.7. The molecule has 14 heavy (non-hydrogen) atoms. The summed E-state index contributed by atoms with van der Waals surface area (Å²) in [7, 11) is 0. The largest absolute Gasteiger partial charge is 0.506 e. The number of carbonyl (C=O) groups is 1. The molecule has 1 atom stereocenters. The van der Waals surface area contributed by atoms with E-state index in [1.807, 2.05) is 0 Å². The highest BCUT2D eigenvalue weighted by molar-refractivity contribution is 6.32. The predicted molar refractivity (Wildman–Crippen MR) is 55.4 cm³/mol. The number of rotatable bonds is 2. The molecule has 0 aliphatic rings. The highest BCUT2D eigenvalue weighted by Crippen LogP contribution is 2.25. The van der Waals surface area contributed by atoms with Crippen molar-refractivity contribution in [3.05, 3.63) is 23.2 Å². The molecule has 1 rings (SSSR count). The summed E-state index contributed by atoms with van der Waals surface area (Å²) in [6.45, 7) is 1.58. The molecule has 0 saturated heterocycles. The van der Waals surface area contributed by atoms with Crippen LogP contribution in [0.5, 0.6) is 5.75 Å². The lowest BCUT2D eigenvalue weighted by Crippen LogP contribution is -2.32. The number of benzene rings is 1. The van der Waals surface area contributed by atoms with Crippen molar-refractivity contribution < 1.29 is 9.90 Å². The average Bonchev–Trinajstić information content (AvgIpc) is 2.11. The third-order valence-electron chi connectivity index (χ3n) is 1.63. The van der Waals surface area contributed by atoms with E-state index in [0.717, 1.165) is 0 Å². The number of hydrogen-bond donors (Lipinski definition) is 3. The van der Waals surface area contributed by atoms with Crippen LogP contribution >= 0.6 is 11.6 Å². The molecule has 0 aliphatic carbocycles. The third kappa shape index (κ3) is 2.61. The van der Waals surface area contributed by atoms with Gasteiger partial charge in [-0.2, -0.15) is 0 Å². The molecule has 4 N–H and O–H groups in total. The Kier molecular flexibility index (Phi) is 3.33.